The SMILES string of the molecule is CC1CCC(NC(=O)NC(C)C)(C(=O)O)CC1. The average molecular weight is 242 g/mol. The molecule has 0 heterocycles. The van der Waals surface area contributed by atoms with Crippen molar-refractivity contribution in [2.24, 2.45) is 5.92 Å². The summed E-state index contributed by atoms with van der Waals surface area (Å²) in [5.74, 6) is -0.388. The lowest BCUT2D eigenvalue weighted by molar-refractivity contribution is -0.146. The molecule has 0 aromatic heterocycles. The van der Waals surface area contributed by atoms with Gasteiger partial charge in [-0.1, -0.05) is 6.92 Å². The smallest absolute Gasteiger partial charge is 0.329 e. The van der Waals surface area contributed by atoms with Gasteiger partial charge in [0.25, 0.3) is 0 Å². The molecule has 1 aliphatic rings. The highest BCUT2D eigenvalue weighted by Gasteiger charge is 2.42. The molecule has 0 radical (unpaired) electrons. The first kappa shape index (κ1) is 13.8. The molecule has 3 N–H and O–H groups in total. The Balaban J connectivity index is 2.66. The molecule has 0 bridgehead atoms. The van der Waals surface area contributed by atoms with Gasteiger partial charge in [-0.15, -0.1) is 0 Å². The normalized spacial score (nSPS) is 28.8. The van der Waals surface area contributed by atoms with Crippen LogP contribution in [0.15, 0.2) is 0 Å². The van der Waals surface area contributed by atoms with Crippen LogP contribution >= 0.6 is 0 Å². The van der Waals surface area contributed by atoms with E-state index in [1.54, 1.807) is 0 Å². The quantitative estimate of drug-likeness (QED) is 0.705. The Kier molecular flexibility index (Phi) is 4.37. The first-order valence-electron chi connectivity index (χ1n) is 6.18. The second-order valence-corrected chi connectivity index (χ2v) is 5.32. The summed E-state index contributed by atoms with van der Waals surface area (Å²) in [6, 6.07) is -0.389. The van der Waals surface area contributed by atoms with Crippen LogP contribution in [0.4, 0.5) is 4.79 Å². The van der Waals surface area contributed by atoms with E-state index in [1.165, 1.54) is 0 Å². The van der Waals surface area contributed by atoms with Crippen LogP contribution in [0.1, 0.15) is 46.5 Å². The molecule has 0 atom stereocenters. The van der Waals surface area contributed by atoms with Gasteiger partial charge in [0.15, 0.2) is 0 Å². The topological polar surface area (TPSA) is 78.4 Å². The standard InChI is InChI=1S/C12H22N2O3/c1-8(2)13-11(17)14-12(10(15)16)6-4-9(3)5-7-12/h8-9H,4-7H2,1-3H3,(H,15,16)(H2,13,14,17). The van der Waals surface area contributed by atoms with Crippen molar-refractivity contribution in [3.8, 4) is 0 Å². The van der Waals surface area contributed by atoms with Gasteiger partial charge in [0.2, 0.25) is 0 Å². The lowest BCUT2D eigenvalue weighted by atomic mass is 9.77. The van der Waals surface area contributed by atoms with Crippen molar-refractivity contribution >= 4 is 12.0 Å². The van der Waals surface area contributed by atoms with Crippen molar-refractivity contribution in [2.75, 3.05) is 0 Å². The third kappa shape index (κ3) is 3.61. The first-order chi connectivity index (χ1) is 7.85. The molecule has 0 unspecified atom stereocenters. The molecule has 0 aliphatic heterocycles. The number of hydrogen-bond acceptors (Lipinski definition) is 2. The number of carbonyl (C=O) groups is 2. The summed E-state index contributed by atoms with van der Waals surface area (Å²) in [7, 11) is 0. The van der Waals surface area contributed by atoms with E-state index in [-0.39, 0.29) is 6.04 Å². The maximum atomic E-state index is 11.6. The fraction of sp³-hybridized carbons (Fsp3) is 0.833. The number of nitrogens with one attached hydrogen (secondary N) is 2. The van der Waals surface area contributed by atoms with E-state index in [0.29, 0.717) is 18.8 Å². The zero-order chi connectivity index (χ0) is 13.1. The number of carboxylic acids is 1. The van der Waals surface area contributed by atoms with Gasteiger partial charge < -0.3 is 15.7 Å². The highest BCUT2D eigenvalue weighted by molar-refractivity contribution is 5.86. The number of aliphatic carboxylic acids is 1. The Labute approximate surface area is 102 Å². The third-order valence-corrected chi connectivity index (χ3v) is 3.31. The highest BCUT2D eigenvalue weighted by atomic mass is 16.4. The third-order valence-electron chi connectivity index (χ3n) is 3.31. The Hall–Kier alpha value is -1.26. The number of carboxylic acid groups (broad SMARTS) is 1. The van der Waals surface area contributed by atoms with Crippen LogP contribution in [0.2, 0.25) is 0 Å². The van der Waals surface area contributed by atoms with E-state index in [9.17, 15) is 14.7 Å². The first-order valence-corrected chi connectivity index (χ1v) is 6.18. The maximum absolute atomic E-state index is 11.6. The van der Waals surface area contributed by atoms with Gasteiger partial charge in [0.05, 0.1) is 0 Å². The summed E-state index contributed by atoms with van der Waals surface area (Å²) in [5, 5.41) is 14.6. The summed E-state index contributed by atoms with van der Waals surface area (Å²) in [6.45, 7) is 5.80. The van der Waals surface area contributed by atoms with Crippen molar-refractivity contribution in [2.45, 2.75) is 58.0 Å². The molecule has 0 saturated heterocycles. The van der Waals surface area contributed by atoms with Crippen LogP contribution < -0.4 is 10.6 Å². The Morgan fingerprint density at radius 2 is 1.82 bits per heavy atom. The fourth-order valence-corrected chi connectivity index (χ4v) is 2.16. The minimum Gasteiger partial charge on any atom is -0.480 e. The fourth-order valence-electron chi connectivity index (χ4n) is 2.16. The predicted molar refractivity (Wildman–Crippen MR) is 64.8 cm³/mol. The second kappa shape index (κ2) is 5.38. The van der Waals surface area contributed by atoms with Crippen molar-refractivity contribution in [1.29, 1.82) is 0 Å². The molecule has 17 heavy (non-hydrogen) atoms. The summed E-state index contributed by atoms with van der Waals surface area (Å²) in [6.07, 6.45) is 2.70. The van der Waals surface area contributed by atoms with Crippen LogP contribution in [-0.2, 0) is 4.79 Å². The van der Waals surface area contributed by atoms with E-state index in [0.717, 1.165) is 12.8 Å². The van der Waals surface area contributed by atoms with Crippen LogP contribution in [0.5, 0.6) is 0 Å². The Morgan fingerprint density at radius 3 is 2.24 bits per heavy atom. The van der Waals surface area contributed by atoms with Crippen LogP contribution in [0, 0.1) is 5.92 Å². The molecular weight excluding hydrogens is 220 g/mol. The number of carbonyl (C=O) groups excluding carboxylic acids is 1. The van der Waals surface area contributed by atoms with Gasteiger partial charge in [-0.05, 0) is 45.4 Å². The number of hydrogen-bond donors (Lipinski definition) is 3. The van der Waals surface area contributed by atoms with Gasteiger partial charge in [0, 0.05) is 6.04 Å². The van der Waals surface area contributed by atoms with Crippen LogP contribution in [0.3, 0.4) is 0 Å². The van der Waals surface area contributed by atoms with E-state index in [2.05, 4.69) is 17.6 Å². The van der Waals surface area contributed by atoms with Crippen molar-refractivity contribution in [3.05, 3.63) is 0 Å². The largest absolute Gasteiger partial charge is 0.480 e. The van der Waals surface area contributed by atoms with Gasteiger partial charge in [-0.2, -0.15) is 0 Å². The minimum atomic E-state index is -1.08. The molecule has 1 fully saturated rings. The molecule has 1 aliphatic carbocycles. The van der Waals surface area contributed by atoms with Crippen LogP contribution in [-0.4, -0.2) is 28.7 Å². The maximum Gasteiger partial charge on any atom is 0.329 e. The monoisotopic (exact) mass is 242 g/mol. The van der Waals surface area contributed by atoms with Crippen molar-refractivity contribution < 1.29 is 14.7 Å². The lowest BCUT2D eigenvalue weighted by Crippen LogP contribution is -2.59. The predicted octanol–water partition coefficient (Wildman–Crippen LogP) is 1.73. The van der Waals surface area contributed by atoms with E-state index in [4.69, 9.17) is 0 Å². The van der Waals surface area contributed by atoms with Gasteiger partial charge in [0.1, 0.15) is 5.54 Å². The Bertz CT molecular complexity index is 294. The van der Waals surface area contributed by atoms with Crippen molar-refractivity contribution in [1.82, 2.24) is 10.6 Å². The molecule has 0 aromatic rings. The molecular formula is C12H22N2O3. The van der Waals surface area contributed by atoms with Crippen molar-refractivity contribution in [3.63, 3.8) is 0 Å². The highest BCUT2D eigenvalue weighted by Crippen LogP contribution is 2.32. The molecule has 0 spiro atoms. The van der Waals surface area contributed by atoms with Gasteiger partial charge in [-0.25, -0.2) is 9.59 Å². The number of urea groups is 1. The summed E-state index contributed by atoms with van der Waals surface area (Å²) < 4.78 is 0. The molecule has 5 heteroatoms. The van der Waals surface area contributed by atoms with Crippen LogP contribution in [0.25, 0.3) is 0 Å². The van der Waals surface area contributed by atoms with Gasteiger partial charge >= 0.3 is 12.0 Å². The minimum absolute atomic E-state index is 0.00311. The van der Waals surface area contributed by atoms with E-state index >= 15 is 0 Å². The summed E-state index contributed by atoms with van der Waals surface area (Å²) >= 11 is 0. The molecule has 0 aromatic carbocycles. The second-order valence-electron chi connectivity index (χ2n) is 5.32. The number of amides is 2. The van der Waals surface area contributed by atoms with E-state index < -0.39 is 17.5 Å². The lowest BCUT2D eigenvalue weighted by Gasteiger charge is -2.36. The molecule has 1 rings (SSSR count). The molecule has 5 nitrogen and oxygen atoms in total. The van der Waals surface area contributed by atoms with Gasteiger partial charge in [-0.3, -0.25) is 0 Å². The number of rotatable bonds is 3. The average Bonchev–Trinajstić information content (AvgIpc) is 2.20. The molecule has 2 amide bonds. The zero-order valence-corrected chi connectivity index (χ0v) is 10.7. The molecule has 1 saturated carbocycles. The summed E-state index contributed by atoms with van der Waals surface area (Å²) in [5.41, 5.74) is -1.08. The van der Waals surface area contributed by atoms with E-state index in [1.807, 2.05) is 13.8 Å². The molecule has 98 valence electrons. The summed E-state index contributed by atoms with van der Waals surface area (Å²) in [4.78, 5) is 23.0. The zero-order valence-electron chi connectivity index (χ0n) is 10.7. The Morgan fingerprint density at radius 1 is 1.29 bits per heavy atom.